The fraction of sp³-hybridized carbons (Fsp3) is 0.238. The highest BCUT2D eigenvalue weighted by Crippen LogP contribution is 2.39. The van der Waals surface area contributed by atoms with Crippen molar-refractivity contribution in [3.63, 3.8) is 0 Å². The van der Waals surface area contributed by atoms with Crippen LogP contribution in [0.4, 0.5) is 10.1 Å². The molecule has 27 heavy (non-hydrogen) atoms. The van der Waals surface area contributed by atoms with Crippen molar-refractivity contribution >= 4 is 34.8 Å². The predicted molar refractivity (Wildman–Crippen MR) is 106 cm³/mol. The zero-order valence-corrected chi connectivity index (χ0v) is 16.2. The Bertz CT molecular complexity index is 906. The number of carbonyl (C=O) groups excluding carboxylic acids is 2. The maximum Gasteiger partial charge on any atom is 0.272 e. The number of carbonyl (C=O) groups is 2. The molecular formula is C21H20FNO3S. The van der Waals surface area contributed by atoms with Gasteiger partial charge in [0.2, 0.25) is 0 Å². The molecule has 140 valence electrons. The number of hydrogen-bond acceptors (Lipinski definition) is 4. The van der Waals surface area contributed by atoms with Gasteiger partial charge in [-0.2, -0.15) is 0 Å². The molecule has 0 fully saturated rings. The lowest BCUT2D eigenvalue weighted by Crippen LogP contribution is -2.32. The number of thioether (sulfide) groups is 1. The maximum atomic E-state index is 14.2. The van der Waals surface area contributed by atoms with Crippen LogP contribution in [0.3, 0.4) is 0 Å². The summed E-state index contributed by atoms with van der Waals surface area (Å²) in [7, 11) is 0. The van der Waals surface area contributed by atoms with E-state index in [0.29, 0.717) is 27.5 Å². The Hall–Kier alpha value is -2.60. The van der Waals surface area contributed by atoms with Gasteiger partial charge in [-0.25, -0.2) is 9.29 Å². The van der Waals surface area contributed by atoms with Gasteiger partial charge in [-0.15, -0.1) is 11.8 Å². The van der Waals surface area contributed by atoms with Crippen LogP contribution in [0.25, 0.3) is 5.57 Å². The number of ether oxygens (including phenoxy) is 1. The number of rotatable bonds is 6. The topological polar surface area (TPSA) is 46.6 Å². The zero-order chi connectivity index (χ0) is 19.6. The SMILES string of the molecule is CCSC1=C(c2ccc(OC(C)C)cc2)C(=O)N(c2ccccc2F)C1=O. The first-order valence-corrected chi connectivity index (χ1v) is 9.70. The largest absolute Gasteiger partial charge is 0.491 e. The quantitative estimate of drug-likeness (QED) is 0.679. The molecule has 1 aliphatic rings. The van der Waals surface area contributed by atoms with E-state index in [-0.39, 0.29) is 11.8 Å². The van der Waals surface area contributed by atoms with Crippen molar-refractivity contribution in [3.05, 3.63) is 64.8 Å². The average molecular weight is 385 g/mol. The fourth-order valence-electron chi connectivity index (χ4n) is 2.87. The number of nitrogens with zero attached hydrogens (tertiary/aromatic N) is 1. The second-order valence-electron chi connectivity index (χ2n) is 6.23. The van der Waals surface area contributed by atoms with E-state index in [1.165, 1.54) is 30.0 Å². The molecule has 0 bridgehead atoms. The second kappa shape index (κ2) is 7.96. The highest BCUT2D eigenvalue weighted by Gasteiger charge is 2.40. The Kier molecular flexibility index (Phi) is 5.65. The number of amides is 2. The Labute approximate surface area is 162 Å². The van der Waals surface area contributed by atoms with E-state index in [1.807, 2.05) is 20.8 Å². The van der Waals surface area contributed by atoms with Gasteiger partial charge in [0.25, 0.3) is 11.8 Å². The van der Waals surface area contributed by atoms with Crippen molar-refractivity contribution < 1.29 is 18.7 Å². The van der Waals surface area contributed by atoms with E-state index in [1.54, 1.807) is 30.3 Å². The maximum absolute atomic E-state index is 14.2. The Morgan fingerprint density at radius 1 is 1.04 bits per heavy atom. The van der Waals surface area contributed by atoms with Crippen molar-refractivity contribution in [2.75, 3.05) is 10.7 Å². The van der Waals surface area contributed by atoms with E-state index < -0.39 is 17.6 Å². The molecule has 1 heterocycles. The molecule has 2 aromatic rings. The van der Waals surface area contributed by atoms with Crippen molar-refractivity contribution in [1.82, 2.24) is 0 Å². The lowest BCUT2D eigenvalue weighted by molar-refractivity contribution is -0.119. The minimum Gasteiger partial charge on any atom is -0.491 e. The molecule has 0 spiro atoms. The number of imide groups is 1. The summed E-state index contributed by atoms with van der Waals surface area (Å²) < 4.78 is 19.8. The normalized spacial score (nSPS) is 14.5. The van der Waals surface area contributed by atoms with Crippen LogP contribution in [0.1, 0.15) is 26.3 Å². The van der Waals surface area contributed by atoms with Gasteiger partial charge in [0.05, 0.1) is 22.3 Å². The van der Waals surface area contributed by atoms with Crippen LogP contribution in [-0.4, -0.2) is 23.7 Å². The molecule has 3 rings (SSSR count). The second-order valence-corrected chi connectivity index (χ2v) is 7.50. The molecule has 0 N–H and O–H groups in total. The summed E-state index contributed by atoms with van der Waals surface area (Å²) >= 11 is 1.29. The number of halogens is 1. The average Bonchev–Trinajstić information content (AvgIpc) is 2.87. The molecule has 1 aliphatic heterocycles. The smallest absolute Gasteiger partial charge is 0.272 e. The van der Waals surface area contributed by atoms with Crippen LogP contribution in [0.15, 0.2) is 53.4 Å². The third kappa shape index (κ3) is 3.76. The molecule has 2 amide bonds. The predicted octanol–water partition coefficient (Wildman–Crippen LogP) is 4.65. The van der Waals surface area contributed by atoms with Crippen LogP contribution in [0.2, 0.25) is 0 Å². The standard InChI is InChI=1S/C21H20FNO3S/c1-4-27-19-18(14-9-11-15(12-10-14)26-13(2)3)20(24)23(21(19)25)17-8-6-5-7-16(17)22/h5-13H,4H2,1-3H3. The molecule has 4 nitrogen and oxygen atoms in total. The van der Waals surface area contributed by atoms with E-state index in [9.17, 15) is 14.0 Å². The van der Waals surface area contributed by atoms with E-state index in [2.05, 4.69) is 0 Å². The summed E-state index contributed by atoms with van der Waals surface area (Å²) in [6.07, 6.45) is 0.0347. The molecule has 0 saturated heterocycles. The van der Waals surface area contributed by atoms with E-state index in [4.69, 9.17) is 4.74 Å². The molecule has 0 radical (unpaired) electrons. The van der Waals surface area contributed by atoms with Crippen molar-refractivity contribution in [2.45, 2.75) is 26.9 Å². The van der Waals surface area contributed by atoms with Crippen molar-refractivity contribution in [3.8, 4) is 5.75 Å². The minimum atomic E-state index is -0.609. The van der Waals surface area contributed by atoms with Crippen LogP contribution >= 0.6 is 11.8 Å². The van der Waals surface area contributed by atoms with Crippen LogP contribution < -0.4 is 9.64 Å². The van der Waals surface area contributed by atoms with E-state index in [0.717, 1.165) is 4.90 Å². The highest BCUT2D eigenvalue weighted by atomic mass is 32.2. The highest BCUT2D eigenvalue weighted by molar-refractivity contribution is 8.04. The monoisotopic (exact) mass is 385 g/mol. The molecule has 0 saturated carbocycles. The van der Waals surface area contributed by atoms with Gasteiger partial charge < -0.3 is 4.74 Å². The zero-order valence-electron chi connectivity index (χ0n) is 15.4. The van der Waals surface area contributed by atoms with Gasteiger partial charge in [-0.05, 0) is 49.4 Å². The number of para-hydroxylation sites is 1. The molecule has 2 aromatic carbocycles. The summed E-state index contributed by atoms with van der Waals surface area (Å²) in [5.74, 6) is -0.311. The summed E-state index contributed by atoms with van der Waals surface area (Å²) in [5.41, 5.74) is 0.877. The van der Waals surface area contributed by atoms with Gasteiger partial charge in [0.15, 0.2) is 0 Å². The van der Waals surface area contributed by atoms with Crippen molar-refractivity contribution in [1.29, 1.82) is 0 Å². The fourth-order valence-corrected chi connectivity index (χ4v) is 3.72. The molecule has 0 atom stereocenters. The Balaban J connectivity index is 2.02. The van der Waals surface area contributed by atoms with Gasteiger partial charge in [0, 0.05) is 0 Å². The van der Waals surface area contributed by atoms with Crippen LogP contribution in [-0.2, 0) is 9.59 Å². The Morgan fingerprint density at radius 3 is 2.30 bits per heavy atom. The van der Waals surface area contributed by atoms with Gasteiger partial charge in [-0.1, -0.05) is 31.2 Å². The third-order valence-electron chi connectivity index (χ3n) is 3.94. The lowest BCUT2D eigenvalue weighted by Gasteiger charge is -2.16. The first-order chi connectivity index (χ1) is 12.9. The number of anilines is 1. The van der Waals surface area contributed by atoms with Crippen LogP contribution in [0.5, 0.6) is 5.75 Å². The number of hydrogen-bond donors (Lipinski definition) is 0. The Morgan fingerprint density at radius 2 is 1.70 bits per heavy atom. The van der Waals surface area contributed by atoms with Crippen LogP contribution in [0, 0.1) is 5.82 Å². The minimum absolute atomic E-state index is 0.0311. The molecule has 0 unspecified atom stereocenters. The molecule has 0 aromatic heterocycles. The third-order valence-corrected chi connectivity index (χ3v) is 4.89. The summed E-state index contributed by atoms with van der Waals surface area (Å²) in [6, 6.07) is 12.8. The van der Waals surface area contributed by atoms with Gasteiger partial charge in [0.1, 0.15) is 11.6 Å². The number of benzene rings is 2. The van der Waals surface area contributed by atoms with Gasteiger partial charge >= 0.3 is 0 Å². The molecular weight excluding hydrogens is 365 g/mol. The summed E-state index contributed by atoms with van der Waals surface area (Å²) in [6.45, 7) is 5.76. The molecule has 0 aliphatic carbocycles. The van der Waals surface area contributed by atoms with Gasteiger partial charge in [-0.3, -0.25) is 9.59 Å². The summed E-state index contributed by atoms with van der Waals surface area (Å²) in [4.78, 5) is 27.2. The first kappa shape index (κ1) is 19.2. The lowest BCUT2D eigenvalue weighted by atomic mass is 10.1. The van der Waals surface area contributed by atoms with E-state index >= 15 is 0 Å². The summed E-state index contributed by atoms with van der Waals surface area (Å²) in [5, 5.41) is 0. The van der Waals surface area contributed by atoms with Crippen molar-refractivity contribution in [2.24, 2.45) is 0 Å². The first-order valence-electron chi connectivity index (χ1n) is 8.71. The molecule has 6 heteroatoms.